The number of fused-ring (bicyclic) bond motifs is 1. The van der Waals surface area contributed by atoms with E-state index in [9.17, 15) is 10.5 Å². The van der Waals surface area contributed by atoms with Crippen LogP contribution in [0, 0.1) is 22.7 Å². The maximum atomic E-state index is 9.56. The van der Waals surface area contributed by atoms with E-state index in [4.69, 9.17) is 0 Å². The van der Waals surface area contributed by atoms with Crippen LogP contribution < -0.4 is 9.80 Å². The predicted molar refractivity (Wildman–Crippen MR) is 227 cm³/mol. The minimum Gasteiger partial charge on any atom is -0.341 e. The summed E-state index contributed by atoms with van der Waals surface area (Å²) in [6.07, 6.45) is 9.12. The topological polar surface area (TPSA) is 54.1 Å². The summed E-state index contributed by atoms with van der Waals surface area (Å²) in [7, 11) is 0. The van der Waals surface area contributed by atoms with Gasteiger partial charge in [0.2, 0.25) is 0 Å². The third-order valence-corrected chi connectivity index (χ3v) is 11.5. The number of rotatable bonds is 6. The highest BCUT2D eigenvalue weighted by molar-refractivity contribution is 6.28. The Balaban J connectivity index is 1.19. The lowest BCUT2D eigenvalue weighted by molar-refractivity contribution is 0.768. The highest BCUT2D eigenvalue weighted by Gasteiger charge is 2.24. The molecule has 55 heavy (non-hydrogen) atoms. The van der Waals surface area contributed by atoms with Gasteiger partial charge < -0.3 is 9.80 Å². The molecule has 4 heteroatoms. The molecular formula is C51H36N4. The Bertz CT molecular complexity index is 2910. The van der Waals surface area contributed by atoms with E-state index in [1.54, 1.807) is 0 Å². The average Bonchev–Trinajstić information content (AvgIpc) is 3.26. The molecule has 1 heterocycles. The molecule has 2 aliphatic rings. The molecule has 1 unspecified atom stereocenters. The van der Waals surface area contributed by atoms with Crippen LogP contribution in [0.4, 0.5) is 28.4 Å². The van der Waals surface area contributed by atoms with Crippen molar-refractivity contribution in [3.63, 3.8) is 0 Å². The molecule has 1 aliphatic carbocycles. The molecule has 0 spiro atoms. The van der Waals surface area contributed by atoms with Crippen molar-refractivity contribution in [1.29, 1.82) is 10.5 Å². The number of para-hydroxylation sites is 2. The number of nitrogens with zero attached hydrogens (tertiary/aromatic N) is 4. The highest BCUT2D eigenvalue weighted by Crippen LogP contribution is 2.48. The summed E-state index contributed by atoms with van der Waals surface area (Å²) < 4.78 is 0. The first kappa shape index (κ1) is 32.5. The van der Waals surface area contributed by atoms with Gasteiger partial charge in [-0.05, 0) is 124 Å². The van der Waals surface area contributed by atoms with Gasteiger partial charge in [0, 0.05) is 51.6 Å². The van der Waals surface area contributed by atoms with E-state index in [1.165, 1.54) is 54.8 Å². The Morgan fingerprint density at radius 2 is 1.36 bits per heavy atom. The van der Waals surface area contributed by atoms with E-state index in [0.717, 1.165) is 54.0 Å². The standard InChI is InChI=1S/C51H36N4/c52-32-34-12-16-36(17-13-34)41-29-42(37-18-14-35(33-53)15-19-37)31-44(30-41)55(43-9-2-1-3-10-43)49-27-23-40-20-24-45-48(26-22-39-21-25-46(49)51(40)50(39)45)54-28-6-8-38-7-4-5-11-47(38)54/h1-5,7,9-18,20-27,29-31,37H,6,8,19,28H2. The number of aryl methyl sites for hydroxylation is 1. The minimum absolute atomic E-state index is 0.117. The molecule has 1 aliphatic heterocycles. The van der Waals surface area contributed by atoms with Gasteiger partial charge in [-0.25, -0.2) is 0 Å². The molecule has 0 radical (unpaired) electrons. The molecule has 0 aromatic heterocycles. The predicted octanol–water partition coefficient (Wildman–Crippen LogP) is 13.2. The van der Waals surface area contributed by atoms with E-state index in [-0.39, 0.29) is 5.92 Å². The normalized spacial score (nSPS) is 15.1. The van der Waals surface area contributed by atoms with Crippen LogP contribution in [0.15, 0.2) is 169 Å². The second-order valence-electron chi connectivity index (χ2n) is 14.6. The van der Waals surface area contributed by atoms with Crippen LogP contribution >= 0.6 is 0 Å². The van der Waals surface area contributed by atoms with Crippen LogP contribution in [0.2, 0.25) is 0 Å². The van der Waals surface area contributed by atoms with Gasteiger partial charge in [-0.1, -0.05) is 103 Å². The number of allylic oxidation sites excluding steroid dienone is 4. The number of anilines is 5. The van der Waals surface area contributed by atoms with Crippen LogP contribution in [0.1, 0.15) is 35.4 Å². The Kier molecular flexibility index (Phi) is 7.90. The third kappa shape index (κ3) is 5.59. The summed E-state index contributed by atoms with van der Waals surface area (Å²) in [6, 6.07) is 57.1. The number of hydrogen-bond donors (Lipinski definition) is 0. The average molecular weight is 705 g/mol. The summed E-state index contributed by atoms with van der Waals surface area (Å²) in [5, 5.41) is 26.6. The van der Waals surface area contributed by atoms with Crippen LogP contribution in [0.3, 0.4) is 0 Å². The number of benzene rings is 8. The second-order valence-corrected chi connectivity index (χ2v) is 14.6. The molecule has 0 saturated heterocycles. The molecule has 0 fully saturated rings. The zero-order valence-corrected chi connectivity index (χ0v) is 30.3. The lowest BCUT2D eigenvalue weighted by Crippen LogP contribution is -2.24. The Labute approximate surface area is 321 Å². The molecule has 8 aromatic carbocycles. The van der Waals surface area contributed by atoms with E-state index >= 15 is 0 Å². The lowest BCUT2D eigenvalue weighted by Gasteiger charge is -2.33. The van der Waals surface area contributed by atoms with Crippen molar-refractivity contribution in [3.8, 4) is 23.3 Å². The van der Waals surface area contributed by atoms with Crippen molar-refractivity contribution in [2.45, 2.75) is 25.2 Å². The molecule has 0 amide bonds. The van der Waals surface area contributed by atoms with Gasteiger partial charge in [-0.15, -0.1) is 0 Å². The van der Waals surface area contributed by atoms with Crippen molar-refractivity contribution in [2.75, 3.05) is 16.3 Å². The van der Waals surface area contributed by atoms with Crippen LogP contribution in [0.25, 0.3) is 43.4 Å². The SMILES string of the molecule is N#CC1=CCC(c2cc(-c3ccc(C#N)cc3)cc(N(c3ccccc3)c3ccc4ccc5c(N6CCCc7ccccc76)ccc6ccc3c4c65)c2)C=C1. The summed E-state index contributed by atoms with van der Waals surface area (Å²) in [5.41, 5.74) is 11.8. The number of nitriles is 2. The summed E-state index contributed by atoms with van der Waals surface area (Å²) >= 11 is 0. The lowest BCUT2D eigenvalue weighted by atomic mass is 9.87. The Hall–Kier alpha value is -7.14. The first-order chi connectivity index (χ1) is 27.2. The van der Waals surface area contributed by atoms with Gasteiger partial charge in [0.1, 0.15) is 0 Å². The molecule has 0 N–H and O–H groups in total. The fraction of sp³-hybridized carbons (Fsp3) is 0.0980. The van der Waals surface area contributed by atoms with Crippen molar-refractivity contribution in [3.05, 3.63) is 186 Å². The highest BCUT2D eigenvalue weighted by atomic mass is 15.1. The second kappa shape index (κ2) is 13.4. The van der Waals surface area contributed by atoms with Crippen molar-refractivity contribution in [1.82, 2.24) is 0 Å². The van der Waals surface area contributed by atoms with E-state index < -0.39 is 0 Å². The molecule has 1 atom stereocenters. The quantitative estimate of drug-likeness (QED) is 0.162. The fourth-order valence-electron chi connectivity index (χ4n) is 8.82. The fourth-order valence-corrected chi connectivity index (χ4v) is 8.82. The summed E-state index contributed by atoms with van der Waals surface area (Å²) in [4.78, 5) is 4.92. The monoisotopic (exact) mass is 704 g/mol. The first-order valence-corrected chi connectivity index (χ1v) is 19.0. The largest absolute Gasteiger partial charge is 0.341 e. The first-order valence-electron chi connectivity index (χ1n) is 19.0. The smallest absolute Gasteiger partial charge is 0.0991 e. The summed E-state index contributed by atoms with van der Waals surface area (Å²) in [6.45, 7) is 0.996. The molecule has 4 nitrogen and oxygen atoms in total. The third-order valence-electron chi connectivity index (χ3n) is 11.5. The van der Waals surface area contributed by atoms with Gasteiger partial charge in [0.15, 0.2) is 0 Å². The molecule has 0 saturated carbocycles. The molecule has 0 bridgehead atoms. The molecule has 8 aromatic rings. The Morgan fingerprint density at radius 1 is 0.618 bits per heavy atom. The molecule has 10 rings (SSSR count). The van der Waals surface area contributed by atoms with E-state index in [2.05, 4.69) is 149 Å². The van der Waals surface area contributed by atoms with Gasteiger partial charge in [0.05, 0.1) is 23.4 Å². The van der Waals surface area contributed by atoms with Crippen molar-refractivity contribution in [2.24, 2.45) is 0 Å². The van der Waals surface area contributed by atoms with E-state index in [1.807, 2.05) is 36.4 Å². The van der Waals surface area contributed by atoms with Crippen LogP contribution in [-0.2, 0) is 6.42 Å². The maximum Gasteiger partial charge on any atom is 0.0991 e. The van der Waals surface area contributed by atoms with Crippen molar-refractivity contribution >= 4 is 60.8 Å². The van der Waals surface area contributed by atoms with Gasteiger partial charge in [-0.3, -0.25) is 0 Å². The zero-order chi connectivity index (χ0) is 36.9. The van der Waals surface area contributed by atoms with Crippen LogP contribution in [-0.4, -0.2) is 6.54 Å². The van der Waals surface area contributed by atoms with Gasteiger partial charge >= 0.3 is 0 Å². The maximum absolute atomic E-state index is 9.56. The minimum atomic E-state index is 0.117. The van der Waals surface area contributed by atoms with Gasteiger partial charge in [0.25, 0.3) is 0 Å². The number of hydrogen-bond acceptors (Lipinski definition) is 4. The zero-order valence-electron chi connectivity index (χ0n) is 30.3. The Morgan fingerprint density at radius 3 is 2.15 bits per heavy atom. The van der Waals surface area contributed by atoms with Crippen LogP contribution in [0.5, 0.6) is 0 Å². The van der Waals surface area contributed by atoms with Gasteiger partial charge in [-0.2, -0.15) is 10.5 Å². The molecule has 260 valence electrons. The van der Waals surface area contributed by atoms with Crippen molar-refractivity contribution < 1.29 is 0 Å². The summed E-state index contributed by atoms with van der Waals surface area (Å²) in [5.74, 6) is 0.117. The molecular weight excluding hydrogens is 669 g/mol. The van der Waals surface area contributed by atoms with E-state index in [0.29, 0.717) is 11.1 Å².